The van der Waals surface area contributed by atoms with Gasteiger partial charge >= 0.3 is 6.03 Å². The number of hydrogen-bond acceptors (Lipinski definition) is 1. The van der Waals surface area contributed by atoms with E-state index in [9.17, 15) is 9.18 Å². The maximum Gasteiger partial charge on any atom is 0.321 e. The number of halogens is 3. The van der Waals surface area contributed by atoms with Crippen LogP contribution >= 0.6 is 27.5 Å². The first-order chi connectivity index (χ1) is 6.91. The molecule has 0 unspecified atom stereocenters. The predicted molar refractivity (Wildman–Crippen MR) is 61.8 cm³/mol. The van der Waals surface area contributed by atoms with Crippen LogP contribution in [-0.4, -0.2) is 25.0 Å². The minimum atomic E-state index is -0.463. The smallest absolute Gasteiger partial charge is 0.321 e. The lowest BCUT2D eigenvalue weighted by atomic mass is 10.3. The van der Waals surface area contributed by atoms with Gasteiger partial charge in [0.15, 0.2) is 0 Å². The fraction of sp³-hybridized carbons (Fsp3) is 0.222. The molecule has 1 aromatic carbocycles. The number of benzene rings is 1. The first-order valence-electron chi connectivity index (χ1n) is 4.04. The number of nitrogens with zero attached hydrogens (tertiary/aromatic N) is 1. The summed E-state index contributed by atoms with van der Waals surface area (Å²) < 4.78 is 13.3. The van der Waals surface area contributed by atoms with Crippen molar-refractivity contribution >= 4 is 39.2 Å². The van der Waals surface area contributed by atoms with Gasteiger partial charge in [-0.05, 0) is 28.1 Å². The molecule has 0 radical (unpaired) electrons. The van der Waals surface area contributed by atoms with E-state index < -0.39 is 5.82 Å². The van der Waals surface area contributed by atoms with Gasteiger partial charge in [-0.3, -0.25) is 0 Å². The van der Waals surface area contributed by atoms with E-state index in [1.54, 1.807) is 14.1 Å². The summed E-state index contributed by atoms with van der Waals surface area (Å²) in [7, 11) is 3.20. The Morgan fingerprint density at radius 3 is 2.60 bits per heavy atom. The Kier molecular flexibility index (Phi) is 3.93. The Balaban J connectivity index is 3.00. The molecule has 15 heavy (non-hydrogen) atoms. The van der Waals surface area contributed by atoms with Crippen molar-refractivity contribution in [2.75, 3.05) is 19.4 Å². The van der Waals surface area contributed by atoms with Crippen LogP contribution in [0.1, 0.15) is 0 Å². The van der Waals surface area contributed by atoms with Crippen LogP contribution in [0, 0.1) is 5.82 Å². The minimum Gasteiger partial charge on any atom is -0.331 e. The van der Waals surface area contributed by atoms with Crippen molar-refractivity contribution in [2.45, 2.75) is 0 Å². The number of rotatable bonds is 1. The predicted octanol–water partition coefficient (Wildman–Crippen LogP) is 3.34. The zero-order chi connectivity index (χ0) is 11.6. The third-order valence-electron chi connectivity index (χ3n) is 1.64. The lowest BCUT2D eigenvalue weighted by Crippen LogP contribution is -2.27. The molecule has 1 rings (SSSR count). The van der Waals surface area contributed by atoms with Crippen molar-refractivity contribution in [1.29, 1.82) is 0 Å². The van der Waals surface area contributed by atoms with Gasteiger partial charge in [0.05, 0.1) is 10.7 Å². The molecule has 0 saturated carbocycles. The number of urea groups is 1. The molecule has 0 spiro atoms. The topological polar surface area (TPSA) is 32.3 Å². The molecule has 0 aliphatic carbocycles. The van der Waals surface area contributed by atoms with E-state index in [1.807, 2.05) is 0 Å². The van der Waals surface area contributed by atoms with E-state index >= 15 is 0 Å². The van der Waals surface area contributed by atoms with E-state index in [0.717, 1.165) is 6.07 Å². The van der Waals surface area contributed by atoms with Crippen LogP contribution in [0.15, 0.2) is 16.6 Å². The van der Waals surface area contributed by atoms with Crippen LogP contribution in [0.5, 0.6) is 0 Å². The van der Waals surface area contributed by atoms with Crippen molar-refractivity contribution in [1.82, 2.24) is 4.90 Å². The highest BCUT2D eigenvalue weighted by molar-refractivity contribution is 9.10. The van der Waals surface area contributed by atoms with Gasteiger partial charge in [-0.15, -0.1) is 0 Å². The minimum absolute atomic E-state index is 0.150. The van der Waals surface area contributed by atoms with Crippen molar-refractivity contribution in [3.63, 3.8) is 0 Å². The van der Waals surface area contributed by atoms with Crippen LogP contribution in [0.2, 0.25) is 5.02 Å². The number of nitrogens with one attached hydrogen (secondary N) is 1. The Morgan fingerprint density at radius 2 is 2.13 bits per heavy atom. The molecule has 3 nitrogen and oxygen atoms in total. The molecule has 82 valence electrons. The van der Waals surface area contributed by atoms with Crippen molar-refractivity contribution in [3.05, 3.63) is 27.4 Å². The van der Waals surface area contributed by atoms with Gasteiger partial charge in [-0.2, -0.15) is 0 Å². The second-order valence-electron chi connectivity index (χ2n) is 3.07. The highest BCUT2D eigenvalue weighted by Gasteiger charge is 2.12. The molecule has 0 aliphatic rings. The molecule has 0 saturated heterocycles. The van der Waals surface area contributed by atoms with Gasteiger partial charge in [-0.25, -0.2) is 9.18 Å². The number of amides is 2. The molecular weight excluding hydrogens is 286 g/mol. The van der Waals surface area contributed by atoms with E-state index in [4.69, 9.17) is 11.6 Å². The number of carbonyl (C=O) groups excluding carboxylic acids is 1. The largest absolute Gasteiger partial charge is 0.331 e. The van der Waals surface area contributed by atoms with Crippen LogP contribution in [0.25, 0.3) is 0 Å². The van der Waals surface area contributed by atoms with Gasteiger partial charge in [0.2, 0.25) is 0 Å². The third kappa shape index (κ3) is 3.07. The SMILES string of the molecule is CN(C)C(=O)Nc1c(Cl)cc(F)cc1Br. The average molecular weight is 296 g/mol. The zero-order valence-electron chi connectivity index (χ0n) is 8.14. The molecule has 0 atom stereocenters. The second kappa shape index (κ2) is 4.81. The van der Waals surface area contributed by atoms with Gasteiger partial charge in [0, 0.05) is 18.6 Å². The van der Waals surface area contributed by atoms with Gasteiger partial charge in [0.1, 0.15) is 5.82 Å². The fourth-order valence-corrected chi connectivity index (χ4v) is 1.78. The quantitative estimate of drug-likeness (QED) is 0.847. The summed E-state index contributed by atoms with van der Waals surface area (Å²) in [4.78, 5) is 12.7. The molecule has 1 N–H and O–H groups in total. The average Bonchev–Trinajstić information content (AvgIpc) is 2.10. The number of anilines is 1. The molecule has 0 fully saturated rings. The lowest BCUT2D eigenvalue weighted by molar-refractivity contribution is 0.230. The molecule has 0 aromatic heterocycles. The van der Waals surface area contributed by atoms with Crippen molar-refractivity contribution in [2.24, 2.45) is 0 Å². The van der Waals surface area contributed by atoms with Crippen LogP contribution in [0.3, 0.4) is 0 Å². The highest BCUT2D eigenvalue weighted by Crippen LogP contribution is 2.31. The molecule has 0 aliphatic heterocycles. The summed E-state index contributed by atoms with van der Waals surface area (Å²) in [6, 6.07) is 2.04. The summed E-state index contributed by atoms with van der Waals surface area (Å²) in [5.41, 5.74) is 0.358. The number of carbonyl (C=O) groups is 1. The van der Waals surface area contributed by atoms with Crippen LogP contribution in [-0.2, 0) is 0 Å². The van der Waals surface area contributed by atoms with E-state index in [1.165, 1.54) is 11.0 Å². The number of hydrogen-bond donors (Lipinski definition) is 1. The third-order valence-corrected chi connectivity index (χ3v) is 2.57. The standard InChI is InChI=1S/C9H9BrClFN2O/c1-14(2)9(15)13-8-6(10)3-5(12)4-7(8)11/h3-4H,1-2H3,(H,13,15). The Bertz CT molecular complexity index is 375. The summed E-state index contributed by atoms with van der Waals surface area (Å²) in [5, 5.41) is 2.70. The van der Waals surface area contributed by atoms with Crippen molar-refractivity contribution < 1.29 is 9.18 Å². The summed E-state index contributed by atoms with van der Waals surface area (Å²) in [5.74, 6) is -0.463. The van der Waals surface area contributed by atoms with Gasteiger partial charge < -0.3 is 10.2 Å². The molecular formula is C9H9BrClFN2O. The van der Waals surface area contributed by atoms with E-state index in [-0.39, 0.29) is 11.1 Å². The Hall–Kier alpha value is -0.810. The Labute approximate surface area is 100 Å². The van der Waals surface area contributed by atoms with Gasteiger partial charge in [-0.1, -0.05) is 11.6 Å². The molecule has 1 aromatic rings. The monoisotopic (exact) mass is 294 g/mol. The molecule has 0 heterocycles. The second-order valence-corrected chi connectivity index (χ2v) is 4.33. The van der Waals surface area contributed by atoms with E-state index in [0.29, 0.717) is 10.2 Å². The maximum atomic E-state index is 12.9. The Morgan fingerprint density at radius 1 is 1.53 bits per heavy atom. The summed E-state index contributed by atoms with van der Waals surface area (Å²) in [6.07, 6.45) is 0. The van der Waals surface area contributed by atoms with Crippen LogP contribution < -0.4 is 5.32 Å². The normalized spacial score (nSPS) is 9.93. The lowest BCUT2D eigenvalue weighted by Gasteiger charge is -2.14. The molecule has 0 bridgehead atoms. The maximum absolute atomic E-state index is 12.9. The highest BCUT2D eigenvalue weighted by atomic mass is 79.9. The van der Waals surface area contributed by atoms with E-state index in [2.05, 4.69) is 21.2 Å². The first-order valence-corrected chi connectivity index (χ1v) is 5.21. The van der Waals surface area contributed by atoms with Crippen LogP contribution in [0.4, 0.5) is 14.9 Å². The van der Waals surface area contributed by atoms with Crippen molar-refractivity contribution in [3.8, 4) is 0 Å². The molecule has 2 amide bonds. The first kappa shape index (κ1) is 12.3. The summed E-state index contributed by atoms with van der Waals surface area (Å²) in [6.45, 7) is 0. The zero-order valence-corrected chi connectivity index (χ0v) is 10.5. The van der Waals surface area contributed by atoms with Gasteiger partial charge in [0.25, 0.3) is 0 Å². The summed E-state index contributed by atoms with van der Waals surface area (Å²) >= 11 is 8.90. The fourth-order valence-electron chi connectivity index (χ4n) is 0.880. The molecule has 6 heteroatoms.